The monoisotopic (exact) mass is 163 g/mol. The fraction of sp³-hybridized carbons (Fsp3) is 0.222. The molecule has 12 heavy (non-hydrogen) atoms. The molecule has 0 amide bonds. The Balaban J connectivity index is 2.74. The molecule has 0 aliphatic rings. The first-order chi connectivity index (χ1) is 5.81. The van der Waals surface area contributed by atoms with Gasteiger partial charge in [-0.3, -0.25) is 0 Å². The summed E-state index contributed by atoms with van der Waals surface area (Å²) >= 11 is 0. The minimum absolute atomic E-state index is 0.319. The van der Waals surface area contributed by atoms with E-state index in [0.717, 1.165) is 16.7 Å². The average Bonchev–Trinajstić information content (AvgIpc) is 2.49. The van der Waals surface area contributed by atoms with Crippen molar-refractivity contribution < 1.29 is 9.15 Å². The van der Waals surface area contributed by atoms with Crippen molar-refractivity contribution >= 4 is 11.1 Å². The molecule has 0 aliphatic heterocycles. The largest absolute Gasteiger partial charge is 0.453 e. The van der Waals surface area contributed by atoms with Gasteiger partial charge in [-0.15, -0.1) is 0 Å². The maximum absolute atomic E-state index is 5.26. The van der Waals surface area contributed by atoms with Crippen molar-refractivity contribution in [2.75, 3.05) is 7.11 Å². The van der Waals surface area contributed by atoms with E-state index in [9.17, 15) is 0 Å². The number of para-hydroxylation sites is 1. The number of benzene rings is 1. The molecule has 0 fully saturated rings. The van der Waals surface area contributed by atoms with Crippen molar-refractivity contribution in [3.8, 4) is 6.08 Å². The highest BCUT2D eigenvalue weighted by atomic mass is 16.6. The van der Waals surface area contributed by atoms with Crippen LogP contribution in [-0.2, 0) is 0 Å². The molecule has 0 spiro atoms. The molecule has 1 heterocycles. The van der Waals surface area contributed by atoms with Crippen molar-refractivity contribution in [1.82, 2.24) is 4.98 Å². The zero-order chi connectivity index (χ0) is 8.55. The van der Waals surface area contributed by atoms with E-state index in [1.54, 1.807) is 7.11 Å². The summed E-state index contributed by atoms with van der Waals surface area (Å²) in [6.45, 7) is 1.99. The molecule has 0 saturated carbocycles. The maximum atomic E-state index is 5.26. The van der Waals surface area contributed by atoms with Crippen LogP contribution in [0.15, 0.2) is 22.6 Å². The van der Waals surface area contributed by atoms with Gasteiger partial charge in [0, 0.05) is 0 Å². The number of fused-ring (bicyclic) bond motifs is 1. The predicted molar refractivity (Wildman–Crippen MR) is 45.3 cm³/mol. The lowest BCUT2D eigenvalue weighted by atomic mass is 10.2. The lowest BCUT2D eigenvalue weighted by molar-refractivity contribution is 0.299. The standard InChI is InChI=1S/C9H9NO2/c1-6-4-3-5-7-8(6)10-9(11-2)12-7/h3-5H,1-2H3. The van der Waals surface area contributed by atoms with Gasteiger partial charge in [0.25, 0.3) is 0 Å². The van der Waals surface area contributed by atoms with Crippen LogP contribution in [0.4, 0.5) is 0 Å². The lowest BCUT2D eigenvalue weighted by Gasteiger charge is -1.88. The summed E-state index contributed by atoms with van der Waals surface area (Å²) in [7, 11) is 1.54. The van der Waals surface area contributed by atoms with Crippen LogP contribution in [-0.4, -0.2) is 12.1 Å². The van der Waals surface area contributed by atoms with Crippen molar-refractivity contribution in [3.63, 3.8) is 0 Å². The van der Waals surface area contributed by atoms with Crippen LogP contribution in [0.3, 0.4) is 0 Å². The first-order valence-electron chi connectivity index (χ1n) is 3.71. The fourth-order valence-electron chi connectivity index (χ4n) is 1.15. The molecule has 1 aromatic carbocycles. The van der Waals surface area contributed by atoms with E-state index >= 15 is 0 Å². The fourth-order valence-corrected chi connectivity index (χ4v) is 1.15. The van der Waals surface area contributed by atoms with Crippen LogP contribution < -0.4 is 4.74 Å². The molecule has 2 aromatic rings. The smallest absolute Gasteiger partial charge is 0.394 e. The third-order valence-corrected chi connectivity index (χ3v) is 1.78. The van der Waals surface area contributed by atoms with Crippen molar-refractivity contribution in [2.24, 2.45) is 0 Å². The van der Waals surface area contributed by atoms with Crippen molar-refractivity contribution in [2.45, 2.75) is 6.92 Å². The highest BCUT2D eigenvalue weighted by Crippen LogP contribution is 2.22. The Labute approximate surface area is 70.0 Å². The molecule has 0 unspecified atom stereocenters. The van der Waals surface area contributed by atoms with E-state index in [4.69, 9.17) is 9.15 Å². The molecule has 3 nitrogen and oxygen atoms in total. The molecule has 3 heteroatoms. The van der Waals surface area contributed by atoms with E-state index in [1.165, 1.54) is 0 Å². The number of oxazole rings is 1. The van der Waals surface area contributed by atoms with Crippen molar-refractivity contribution in [3.05, 3.63) is 23.8 Å². The molecule has 0 N–H and O–H groups in total. The Bertz CT molecular complexity index is 406. The molecule has 0 aliphatic carbocycles. The average molecular weight is 163 g/mol. The lowest BCUT2D eigenvalue weighted by Crippen LogP contribution is -1.80. The number of nitrogens with zero attached hydrogens (tertiary/aromatic N) is 1. The Morgan fingerprint density at radius 1 is 1.42 bits per heavy atom. The van der Waals surface area contributed by atoms with E-state index in [1.807, 2.05) is 25.1 Å². The maximum Gasteiger partial charge on any atom is 0.394 e. The minimum atomic E-state index is 0.319. The van der Waals surface area contributed by atoms with E-state index in [0.29, 0.717) is 6.08 Å². The van der Waals surface area contributed by atoms with Gasteiger partial charge in [0.2, 0.25) is 0 Å². The number of hydrogen-bond donors (Lipinski definition) is 0. The second kappa shape index (κ2) is 2.52. The summed E-state index contributed by atoms with van der Waals surface area (Å²) in [6, 6.07) is 5.80. The summed E-state index contributed by atoms with van der Waals surface area (Å²) in [6.07, 6.45) is 0.319. The number of aromatic nitrogens is 1. The van der Waals surface area contributed by atoms with Crippen LogP contribution in [0.1, 0.15) is 5.56 Å². The summed E-state index contributed by atoms with van der Waals surface area (Å²) in [5.74, 6) is 0. The van der Waals surface area contributed by atoms with Gasteiger partial charge in [-0.05, 0) is 18.6 Å². The second-order valence-electron chi connectivity index (χ2n) is 2.61. The first-order valence-corrected chi connectivity index (χ1v) is 3.71. The predicted octanol–water partition coefficient (Wildman–Crippen LogP) is 2.14. The highest BCUT2D eigenvalue weighted by Gasteiger charge is 2.05. The van der Waals surface area contributed by atoms with Crippen LogP contribution in [0.2, 0.25) is 0 Å². The molecule has 0 atom stereocenters. The van der Waals surface area contributed by atoms with Crippen LogP contribution in [0.25, 0.3) is 11.1 Å². The van der Waals surface area contributed by atoms with E-state index < -0.39 is 0 Å². The van der Waals surface area contributed by atoms with Gasteiger partial charge in [-0.1, -0.05) is 12.1 Å². The molecular formula is C9H9NO2. The van der Waals surface area contributed by atoms with Gasteiger partial charge in [-0.2, -0.15) is 4.98 Å². The molecule has 62 valence electrons. The van der Waals surface area contributed by atoms with Crippen LogP contribution >= 0.6 is 0 Å². The SMILES string of the molecule is COc1nc2c(C)cccc2o1. The Kier molecular flexibility index (Phi) is 1.50. The molecular weight excluding hydrogens is 154 g/mol. The van der Waals surface area contributed by atoms with Gasteiger partial charge in [0.05, 0.1) is 7.11 Å². The van der Waals surface area contributed by atoms with Crippen molar-refractivity contribution in [1.29, 1.82) is 0 Å². The second-order valence-corrected chi connectivity index (χ2v) is 2.61. The number of methoxy groups -OCH3 is 1. The third-order valence-electron chi connectivity index (χ3n) is 1.78. The highest BCUT2D eigenvalue weighted by molar-refractivity contribution is 5.76. The number of rotatable bonds is 1. The zero-order valence-corrected chi connectivity index (χ0v) is 7.00. The summed E-state index contributed by atoms with van der Waals surface area (Å²) < 4.78 is 10.1. The summed E-state index contributed by atoms with van der Waals surface area (Å²) in [5.41, 5.74) is 2.74. The third kappa shape index (κ3) is 0.942. The van der Waals surface area contributed by atoms with Gasteiger partial charge >= 0.3 is 6.08 Å². The van der Waals surface area contributed by atoms with Crippen LogP contribution in [0, 0.1) is 6.92 Å². The number of ether oxygens (including phenoxy) is 1. The molecule has 2 rings (SSSR count). The molecule has 0 saturated heterocycles. The Morgan fingerprint density at radius 2 is 2.25 bits per heavy atom. The first kappa shape index (κ1) is 7.16. The summed E-state index contributed by atoms with van der Waals surface area (Å²) in [5, 5.41) is 0. The van der Waals surface area contributed by atoms with Gasteiger partial charge in [-0.25, -0.2) is 0 Å². The summed E-state index contributed by atoms with van der Waals surface area (Å²) in [4.78, 5) is 4.14. The molecule has 1 aromatic heterocycles. The van der Waals surface area contributed by atoms with Gasteiger partial charge in [0.1, 0.15) is 5.52 Å². The van der Waals surface area contributed by atoms with Gasteiger partial charge < -0.3 is 9.15 Å². The van der Waals surface area contributed by atoms with E-state index in [-0.39, 0.29) is 0 Å². The number of hydrogen-bond acceptors (Lipinski definition) is 3. The molecule has 0 radical (unpaired) electrons. The Hall–Kier alpha value is -1.51. The normalized spacial score (nSPS) is 10.5. The minimum Gasteiger partial charge on any atom is -0.453 e. The van der Waals surface area contributed by atoms with Crippen LogP contribution in [0.5, 0.6) is 6.08 Å². The quantitative estimate of drug-likeness (QED) is 0.646. The molecule has 0 bridgehead atoms. The zero-order valence-electron chi connectivity index (χ0n) is 7.00. The van der Waals surface area contributed by atoms with E-state index in [2.05, 4.69) is 4.98 Å². The topological polar surface area (TPSA) is 35.3 Å². The van der Waals surface area contributed by atoms with Gasteiger partial charge in [0.15, 0.2) is 5.58 Å². The Morgan fingerprint density at radius 3 is 2.92 bits per heavy atom. The number of aryl methyl sites for hydroxylation is 1.